The zero-order chi connectivity index (χ0) is 15.2. The van der Waals surface area contributed by atoms with Gasteiger partial charge in [0.25, 0.3) is 0 Å². The average Bonchev–Trinajstić information content (AvgIpc) is 2.50. The number of ether oxygens (including phenoxy) is 1. The molecule has 1 unspecified atom stereocenters. The van der Waals surface area contributed by atoms with E-state index in [9.17, 15) is 4.79 Å². The molecule has 21 heavy (non-hydrogen) atoms. The first kappa shape index (κ1) is 16.3. The first-order valence-electron chi connectivity index (χ1n) is 7.44. The highest BCUT2D eigenvalue weighted by Crippen LogP contribution is 2.29. The molecule has 0 bridgehead atoms. The number of methoxy groups -OCH3 is 1. The van der Waals surface area contributed by atoms with Crippen molar-refractivity contribution < 1.29 is 9.53 Å². The minimum absolute atomic E-state index is 0.0745. The molecule has 0 aromatic heterocycles. The number of carbonyl (C=O) groups excluding carboxylic acids is 1. The predicted molar refractivity (Wildman–Crippen MR) is 88.7 cm³/mol. The van der Waals surface area contributed by atoms with Gasteiger partial charge in [0.1, 0.15) is 5.75 Å². The van der Waals surface area contributed by atoms with Gasteiger partial charge in [-0.25, -0.2) is 0 Å². The van der Waals surface area contributed by atoms with Gasteiger partial charge in [-0.1, -0.05) is 6.92 Å². The Bertz CT molecular complexity index is 487. The van der Waals surface area contributed by atoms with Crippen molar-refractivity contribution in [1.29, 1.82) is 0 Å². The summed E-state index contributed by atoms with van der Waals surface area (Å²) in [4.78, 5) is 12.2. The Hall–Kier alpha value is -1.07. The van der Waals surface area contributed by atoms with Gasteiger partial charge in [-0.15, -0.1) is 0 Å². The number of hydrogen-bond donors (Lipinski definition) is 2. The van der Waals surface area contributed by atoms with Crippen LogP contribution < -0.4 is 15.4 Å². The number of amides is 1. The van der Waals surface area contributed by atoms with Crippen LogP contribution in [0, 0.1) is 11.8 Å². The smallest absolute Gasteiger partial charge is 0.224 e. The third-order valence-corrected chi connectivity index (χ3v) is 4.79. The molecule has 1 saturated heterocycles. The second kappa shape index (κ2) is 7.80. The number of carbonyl (C=O) groups is 1. The monoisotopic (exact) mass is 354 g/mol. The Morgan fingerprint density at radius 1 is 1.48 bits per heavy atom. The number of nitrogens with one attached hydrogen (secondary N) is 2. The lowest BCUT2D eigenvalue weighted by molar-refractivity contribution is -0.117. The summed E-state index contributed by atoms with van der Waals surface area (Å²) in [6, 6.07) is 5.58. The molecule has 116 valence electrons. The van der Waals surface area contributed by atoms with Crippen LogP contribution in [0.25, 0.3) is 0 Å². The molecule has 1 aliphatic heterocycles. The lowest BCUT2D eigenvalue weighted by Crippen LogP contribution is -2.32. The molecule has 1 aromatic rings. The van der Waals surface area contributed by atoms with Crippen molar-refractivity contribution in [1.82, 2.24) is 5.32 Å². The third-order valence-electron chi connectivity index (χ3n) is 4.13. The lowest BCUT2D eigenvalue weighted by atomic mass is 9.84. The number of rotatable bonds is 5. The molecule has 0 saturated carbocycles. The van der Waals surface area contributed by atoms with Crippen molar-refractivity contribution in [2.75, 3.05) is 25.5 Å². The Labute approximate surface area is 134 Å². The Kier molecular flexibility index (Phi) is 6.06. The highest BCUT2D eigenvalue weighted by atomic mass is 79.9. The second-order valence-electron chi connectivity index (χ2n) is 5.67. The molecule has 2 rings (SSSR count). The van der Waals surface area contributed by atoms with Gasteiger partial charge < -0.3 is 15.4 Å². The molecular weight excluding hydrogens is 332 g/mol. The Morgan fingerprint density at radius 3 is 2.86 bits per heavy atom. The molecule has 5 heteroatoms. The van der Waals surface area contributed by atoms with Crippen LogP contribution in [0.15, 0.2) is 22.7 Å². The van der Waals surface area contributed by atoms with Gasteiger partial charge in [-0.05, 0) is 65.8 Å². The summed E-state index contributed by atoms with van der Waals surface area (Å²) in [7, 11) is 1.62. The zero-order valence-electron chi connectivity index (χ0n) is 12.6. The van der Waals surface area contributed by atoms with Gasteiger partial charge in [0, 0.05) is 18.2 Å². The quantitative estimate of drug-likeness (QED) is 0.851. The van der Waals surface area contributed by atoms with Crippen molar-refractivity contribution >= 4 is 27.5 Å². The first-order valence-corrected chi connectivity index (χ1v) is 8.23. The molecule has 0 aliphatic carbocycles. The van der Waals surface area contributed by atoms with Crippen molar-refractivity contribution in [3.05, 3.63) is 22.7 Å². The lowest BCUT2D eigenvalue weighted by Gasteiger charge is -2.27. The highest BCUT2D eigenvalue weighted by molar-refractivity contribution is 9.10. The molecule has 1 atom stereocenters. The van der Waals surface area contributed by atoms with Gasteiger partial charge in [0.05, 0.1) is 11.6 Å². The molecular formula is C16H23BrN2O2. The van der Waals surface area contributed by atoms with E-state index in [0.717, 1.165) is 29.0 Å². The van der Waals surface area contributed by atoms with Crippen LogP contribution in [0.5, 0.6) is 5.75 Å². The summed E-state index contributed by atoms with van der Waals surface area (Å²) in [5, 5.41) is 6.32. The summed E-state index contributed by atoms with van der Waals surface area (Å²) in [6.45, 7) is 4.32. The normalized spacial score (nSPS) is 17.3. The van der Waals surface area contributed by atoms with E-state index in [-0.39, 0.29) is 5.91 Å². The standard InChI is InChI=1S/C16H23BrN2O2/c1-11(12-5-7-18-8-6-12)9-16(20)19-13-3-4-14(17)15(10-13)21-2/h3-4,10-12,18H,5-9H2,1-2H3,(H,19,20). The van der Waals surface area contributed by atoms with Crippen LogP contribution in [-0.2, 0) is 4.79 Å². The highest BCUT2D eigenvalue weighted by Gasteiger charge is 2.22. The van der Waals surface area contributed by atoms with E-state index in [4.69, 9.17) is 4.74 Å². The van der Waals surface area contributed by atoms with E-state index in [1.807, 2.05) is 18.2 Å². The maximum Gasteiger partial charge on any atom is 0.224 e. The Morgan fingerprint density at radius 2 is 2.19 bits per heavy atom. The minimum atomic E-state index is 0.0745. The summed E-state index contributed by atoms with van der Waals surface area (Å²) in [5.41, 5.74) is 0.776. The van der Waals surface area contributed by atoms with Crippen molar-refractivity contribution in [3.63, 3.8) is 0 Å². The average molecular weight is 355 g/mol. The molecule has 0 radical (unpaired) electrons. The molecule has 4 nitrogen and oxygen atoms in total. The summed E-state index contributed by atoms with van der Waals surface area (Å²) in [6.07, 6.45) is 2.91. The molecule has 1 aliphatic rings. The van der Waals surface area contributed by atoms with E-state index in [2.05, 4.69) is 33.5 Å². The van der Waals surface area contributed by atoms with Gasteiger partial charge >= 0.3 is 0 Å². The van der Waals surface area contributed by atoms with Gasteiger partial charge in [0.2, 0.25) is 5.91 Å². The van der Waals surface area contributed by atoms with Crippen LogP contribution in [0.3, 0.4) is 0 Å². The third kappa shape index (κ3) is 4.71. The fourth-order valence-corrected chi connectivity index (χ4v) is 3.23. The number of hydrogen-bond acceptors (Lipinski definition) is 3. The molecule has 1 fully saturated rings. The molecule has 1 aromatic carbocycles. The van der Waals surface area contributed by atoms with E-state index < -0.39 is 0 Å². The fourth-order valence-electron chi connectivity index (χ4n) is 2.82. The number of piperidine rings is 1. The van der Waals surface area contributed by atoms with Crippen LogP contribution in [0.4, 0.5) is 5.69 Å². The minimum Gasteiger partial charge on any atom is -0.495 e. The van der Waals surface area contributed by atoms with Crippen molar-refractivity contribution in [2.24, 2.45) is 11.8 Å². The molecule has 1 amide bonds. The maximum absolute atomic E-state index is 12.2. The topological polar surface area (TPSA) is 50.4 Å². The van der Waals surface area contributed by atoms with Crippen LogP contribution in [0.2, 0.25) is 0 Å². The zero-order valence-corrected chi connectivity index (χ0v) is 14.2. The van der Waals surface area contributed by atoms with Crippen molar-refractivity contribution in [2.45, 2.75) is 26.2 Å². The predicted octanol–water partition coefficient (Wildman–Crippen LogP) is 3.42. The summed E-state index contributed by atoms with van der Waals surface area (Å²) in [5.74, 6) is 1.87. The summed E-state index contributed by atoms with van der Waals surface area (Å²) < 4.78 is 6.12. The van der Waals surface area contributed by atoms with Crippen LogP contribution in [0.1, 0.15) is 26.2 Å². The Balaban J connectivity index is 1.89. The maximum atomic E-state index is 12.2. The molecule has 1 heterocycles. The largest absolute Gasteiger partial charge is 0.495 e. The number of halogens is 1. The molecule has 2 N–H and O–H groups in total. The number of anilines is 1. The van der Waals surface area contributed by atoms with Crippen molar-refractivity contribution in [3.8, 4) is 5.75 Å². The SMILES string of the molecule is COc1cc(NC(=O)CC(C)C2CCNCC2)ccc1Br. The van der Waals surface area contributed by atoms with E-state index in [1.54, 1.807) is 7.11 Å². The number of benzene rings is 1. The van der Waals surface area contributed by atoms with Crippen LogP contribution >= 0.6 is 15.9 Å². The first-order chi connectivity index (χ1) is 10.1. The second-order valence-corrected chi connectivity index (χ2v) is 6.52. The summed E-state index contributed by atoms with van der Waals surface area (Å²) >= 11 is 3.41. The van der Waals surface area contributed by atoms with E-state index in [1.165, 1.54) is 12.8 Å². The molecule has 0 spiro atoms. The van der Waals surface area contributed by atoms with Crippen LogP contribution in [-0.4, -0.2) is 26.1 Å². The van der Waals surface area contributed by atoms with Gasteiger partial charge in [0.15, 0.2) is 0 Å². The van der Waals surface area contributed by atoms with Gasteiger partial charge in [-0.2, -0.15) is 0 Å². The fraction of sp³-hybridized carbons (Fsp3) is 0.562. The van der Waals surface area contributed by atoms with E-state index in [0.29, 0.717) is 18.3 Å². The van der Waals surface area contributed by atoms with Gasteiger partial charge in [-0.3, -0.25) is 4.79 Å². The van der Waals surface area contributed by atoms with E-state index >= 15 is 0 Å².